The lowest BCUT2D eigenvalue weighted by Crippen LogP contribution is -2.58. The number of ether oxygens (including phenoxy) is 2. The molecule has 3 unspecified atom stereocenters. The molecule has 0 radical (unpaired) electrons. The van der Waals surface area contributed by atoms with E-state index in [-0.39, 0.29) is 31.5 Å². The van der Waals surface area contributed by atoms with Crippen molar-refractivity contribution >= 4 is 18.0 Å². The molecule has 2 aliphatic rings. The van der Waals surface area contributed by atoms with E-state index in [0.29, 0.717) is 6.54 Å². The monoisotopic (exact) mass is 480 g/mol. The first-order chi connectivity index (χ1) is 16.9. The van der Waals surface area contributed by atoms with Crippen LogP contribution >= 0.6 is 0 Å². The predicted octanol–water partition coefficient (Wildman–Crippen LogP) is 3.64. The van der Waals surface area contributed by atoms with Crippen LogP contribution in [0.5, 0.6) is 0 Å². The van der Waals surface area contributed by atoms with Gasteiger partial charge in [-0.3, -0.25) is 4.79 Å². The van der Waals surface area contributed by atoms with Crippen molar-refractivity contribution in [2.75, 3.05) is 26.9 Å². The highest BCUT2D eigenvalue weighted by molar-refractivity contribution is 5.89. The van der Waals surface area contributed by atoms with Crippen molar-refractivity contribution in [2.24, 2.45) is 5.92 Å². The number of carbonyl (C=O) groups excluding carboxylic acids is 2. The molecule has 2 amide bonds. The number of hydrogen-bond acceptors (Lipinski definition) is 5. The molecule has 3 atom stereocenters. The Bertz CT molecular complexity index is 1040. The van der Waals surface area contributed by atoms with Crippen LogP contribution in [0, 0.1) is 5.92 Å². The molecule has 8 nitrogen and oxygen atoms in total. The van der Waals surface area contributed by atoms with Gasteiger partial charge in [0.15, 0.2) is 0 Å². The van der Waals surface area contributed by atoms with Gasteiger partial charge in [0.1, 0.15) is 18.7 Å². The lowest BCUT2D eigenvalue weighted by Gasteiger charge is -2.39. The van der Waals surface area contributed by atoms with E-state index in [1.54, 1.807) is 0 Å². The number of piperidine rings is 1. The molecular formula is C27H32N2O6. The lowest BCUT2D eigenvalue weighted by atomic mass is 9.90. The van der Waals surface area contributed by atoms with Crippen molar-refractivity contribution in [3.8, 4) is 11.1 Å². The molecule has 1 aliphatic heterocycles. The number of nitrogens with one attached hydrogen (secondary N) is 1. The Labute approximate surface area is 205 Å². The third-order valence-corrected chi connectivity index (χ3v) is 7.01. The van der Waals surface area contributed by atoms with Crippen molar-refractivity contribution in [1.29, 1.82) is 0 Å². The number of hydrogen-bond donors (Lipinski definition) is 2. The molecule has 186 valence electrons. The van der Waals surface area contributed by atoms with E-state index in [1.807, 2.05) is 43.3 Å². The van der Waals surface area contributed by atoms with Gasteiger partial charge in [0.2, 0.25) is 5.91 Å². The van der Waals surface area contributed by atoms with Gasteiger partial charge in [-0.15, -0.1) is 0 Å². The number of alkyl carbamates (subject to hydrolysis) is 1. The lowest BCUT2D eigenvalue weighted by molar-refractivity contribution is -0.155. The molecule has 1 saturated heterocycles. The Hall–Kier alpha value is -3.39. The van der Waals surface area contributed by atoms with E-state index in [4.69, 9.17) is 9.47 Å². The zero-order valence-corrected chi connectivity index (χ0v) is 20.1. The number of carbonyl (C=O) groups is 3. The minimum atomic E-state index is -1.03. The van der Waals surface area contributed by atoms with Crippen LogP contribution in [0.1, 0.15) is 43.2 Å². The van der Waals surface area contributed by atoms with Crippen LogP contribution in [0.15, 0.2) is 48.5 Å². The number of rotatable bonds is 8. The van der Waals surface area contributed by atoms with Crippen LogP contribution in [0.25, 0.3) is 11.1 Å². The number of likely N-dealkylation sites (tertiary alicyclic amines) is 1. The molecular weight excluding hydrogens is 448 g/mol. The number of carboxylic acids is 1. The van der Waals surface area contributed by atoms with Gasteiger partial charge in [-0.05, 0) is 41.0 Å². The highest BCUT2D eigenvalue weighted by atomic mass is 16.5. The fourth-order valence-electron chi connectivity index (χ4n) is 5.29. The molecule has 0 saturated carbocycles. The molecule has 0 bridgehead atoms. The third kappa shape index (κ3) is 5.17. The molecule has 0 aromatic heterocycles. The fourth-order valence-corrected chi connectivity index (χ4v) is 5.29. The van der Waals surface area contributed by atoms with Gasteiger partial charge in [0, 0.05) is 32.6 Å². The molecule has 2 aromatic rings. The van der Waals surface area contributed by atoms with E-state index in [1.165, 1.54) is 12.0 Å². The predicted molar refractivity (Wildman–Crippen MR) is 130 cm³/mol. The molecule has 2 aromatic carbocycles. The van der Waals surface area contributed by atoms with Crippen LogP contribution in [0.3, 0.4) is 0 Å². The summed E-state index contributed by atoms with van der Waals surface area (Å²) in [6.45, 7) is 2.54. The summed E-state index contributed by atoms with van der Waals surface area (Å²) in [5.74, 6) is -1.71. The summed E-state index contributed by atoms with van der Waals surface area (Å²) >= 11 is 0. The van der Waals surface area contributed by atoms with Crippen molar-refractivity contribution < 1.29 is 29.0 Å². The van der Waals surface area contributed by atoms with Crippen molar-refractivity contribution in [3.63, 3.8) is 0 Å². The average Bonchev–Trinajstić information content (AvgIpc) is 3.18. The standard InChI is InChI=1S/C27H32N2O6/c1-17-8-7-14-29(24(17)26(31)32)25(30)23(13-15-34-2)28-27(33)35-16-22-20-11-5-3-9-18(20)19-10-4-6-12-21(19)22/h3-6,9-12,17,22-24H,7-8,13-16H2,1-2H3,(H,28,33)(H,31,32). The molecule has 35 heavy (non-hydrogen) atoms. The molecule has 1 heterocycles. The number of methoxy groups -OCH3 is 1. The van der Waals surface area contributed by atoms with E-state index in [2.05, 4.69) is 17.4 Å². The van der Waals surface area contributed by atoms with Gasteiger partial charge < -0.3 is 24.8 Å². The zero-order valence-electron chi connectivity index (χ0n) is 20.1. The number of nitrogens with zero attached hydrogens (tertiary/aromatic N) is 1. The van der Waals surface area contributed by atoms with Gasteiger partial charge in [0.05, 0.1) is 0 Å². The normalized spacial score (nSPS) is 20.0. The van der Waals surface area contributed by atoms with E-state index < -0.39 is 30.1 Å². The third-order valence-electron chi connectivity index (χ3n) is 7.01. The summed E-state index contributed by atoms with van der Waals surface area (Å²) in [5, 5.41) is 12.4. The Kier molecular flexibility index (Phi) is 7.70. The zero-order chi connectivity index (χ0) is 24.9. The SMILES string of the molecule is COCCC(NC(=O)OCC1c2ccccc2-c2ccccc21)C(=O)N1CCCC(C)C1C(=O)O. The van der Waals surface area contributed by atoms with Gasteiger partial charge in [0.25, 0.3) is 0 Å². The highest BCUT2D eigenvalue weighted by Gasteiger charge is 2.40. The second-order valence-electron chi connectivity index (χ2n) is 9.24. The summed E-state index contributed by atoms with van der Waals surface area (Å²) in [4.78, 5) is 39.4. The van der Waals surface area contributed by atoms with E-state index in [0.717, 1.165) is 35.1 Å². The number of aliphatic carboxylic acids is 1. The highest BCUT2D eigenvalue weighted by Crippen LogP contribution is 2.44. The number of amides is 2. The van der Waals surface area contributed by atoms with Gasteiger partial charge in [-0.1, -0.05) is 55.5 Å². The second kappa shape index (κ2) is 10.9. The van der Waals surface area contributed by atoms with Crippen molar-refractivity contribution in [3.05, 3.63) is 59.7 Å². The minimum Gasteiger partial charge on any atom is -0.480 e. The molecule has 2 N–H and O–H groups in total. The number of fused-ring (bicyclic) bond motifs is 3. The second-order valence-corrected chi connectivity index (χ2v) is 9.24. The topological polar surface area (TPSA) is 105 Å². The van der Waals surface area contributed by atoms with Gasteiger partial charge >= 0.3 is 12.1 Å². The molecule has 0 spiro atoms. The van der Waals surface area contributed by atoms with Crippen LogP contribution in [-0.4, -0.2) is 66.9 Å². The maximum atomic E-state index is 13.3. The quantitative estimate of drug-likeness (QED) is 0.598. The van der Waals surface area contributed by atoms with Crippen LogP contribution < -0.4 is 5.32 Å². The summed E-state index contributed by atoms with van der Waals surface area (Å²) in [6, 6.07) is 14.3. The Morgan fingerprint density at radius 3 is 2.31 bits per heavy atom. The summed E-state index contributed by atoms with van der Waals surface area (Å²) in [5.41, 5.74) is 4.45. The fraction of sp³-hybridized carbons (Fsp3) is 0.444. The minimum absolute atomic E-state index is 0.0967. The van der Waals surface area contributed by atoms with Crippen molar-refractivity contribution in [1.82, 2.24) is 10.2 Å². The van der Waals surface area contributed by atoms with Crippen LogP contribution in [-0.2, 0) is 19.1 Å². The van der Waals surface area contributed by atoms with Gasteiger partial charge in [-0.2, -0.15) is 0 Å². The first-order valence-electron chi connectivity index (χ1n) is 12.1. The largest absolute Gasteiger partial charge is 0.480 e. The summed E-state index contributed by atoms with van der Waals surface area (Å²) in [6.07, 6.45) is 0.969. The smallest absolute Gasteiger partial charge is 0.407 e. The molecule has 4 rings (SSSR count). The number of benzene rings is 2. The van der Waals surface area contributed by atoms with Crippen LogP contribution in [0.4, 0.5) is 4.79 Å². The Balaban J connectivity index is 1.45. The van der Waals surface area contributed by atoms with Crippen molar-refractivity contribution in [2.45, 2.75) is 44.2 Å². The molecule has 1 fully saturated rings. The number of carboxylic acid groups (broad SMARTS) is 1. The summed E-state index contributed by atoms with van der Waals surface area (Å²) in [7, 11) is 1.51. The Morgan fingerprint density at radius 2 is 1.71 bits per heavy atom. The van der Waals surface area contributed by atoms with Gasteiger partial charge in [-0.25, -0.2) is 9.59 Å². The van der Waals surface area contributed by atoms with E-state index in [9.17, 15) is 19.5 Å². The average molecular weight is 481 g/mol. The van der Waals surface area contributed by atoms with E-state index >= 15 is 0 Å². The van der Waals surface area contributed by atoms with Crippen LogP contribution in [0.2, 0.25) is 0 Å². The first kappa shape index (κ1) is 24.7. The molecule has 1 aliphatic carbocycles. The first-order valence-corrected chi connectivity index (χ1v) is 12.1. The Morgan fingerprint density at radius 1 is 1.09 bits per heavy atom. The maximum absolute atomic E-state index is 13.3. The maximum Gasteiger partial charge on any atom is 0.407 e. The summed E-state index contributed by atoms with van der Waals surface area (Å²) < 4.78 is 10.7. The molecule has 8 heteroatoms.